The van der Waals surface area contributed by atoms with E-state index in [1.165, 1.54) is 45.6 Å². The summed E-state index contributed by atoms with van der Waals surface area (Å²) in [6, 6.07) is 0.617. The number of likely N-dealkylation sites (N-methyl/N-ethyl adjacent to an activating group) is 1. The molecule has 0 unspecified atom stereocenters. The van der Waals surface area contributed by atoms with E-state index in [-0.39, 0.29) is 5.60 Å². The fraction of sp³-hybridized carbons (Fsp3) is 1.00. The summed E-state index contributed by atoms with van der Waals surface area (Å²) in [5, 5.41) is 10.7. The van der Waals surface area contributed by atoms with Gasteiger partial charge in [0.1, 0.15) is 0 Å². The van der Waals surface area contributed by atoms with Crippen molar-refractivity contribution in [2.45, 2.75) is 57.6 Å². The zero-order valence-corrected chi connectivity index (χ0v) is 14.4. The molecule has 2 aliphatic heterocycles. The van der Waals surface area contributed by atoms with Crippen LogP contribution in [0.5, 0.6) is 0 Å². The summed E-state index contributed by atoms with van der Waals surface area (Å²) in [5.74, 6) is 0. The van der Waals surface area contributed by atoms with Gasteiger partial charge in [0, 0.05) is 45.3 Å². The molecule has 0 amide bonds. The summed E-state index contributed by atoms with van der Waals surface area (Å²) < 4.78 is 0. The minimum Gasteiger partial charge on any atom is -0.390 e. The third kappa shape index (κ3) is 5.51. The third-order valence-corrected chi connectivity index (χ3v) is 5.42. The van der Waals surface area contributed by atoms with Crippen LogP contribution in [-0.2, 0) is 0 Å². The van der Waals surface area contributed by atoms with E-state index in [2.05, 4.69) is 35.6 Å². The molecule has 2 fully saturated rings. The van der Waals surface area contributed by atoms with Crippen LogP contribution in [0, 0.1) is 0 Å². The second kappa shape index (κ2) is 7.91. The second-order valence-corrected chi connectivity index (χ2v) is 7.46. The Labute approximate surface area is 131 Å². The molecule has 0 radical (unpaired) electrons. The molecule has 2 rings (SSSR count). The lowest BCUT2D eigenvalue weighted by Gasteiger charge is -2.40. The largest absolute Gasteiger partial charge is 0.390 e. The van der Waals surface area contributed by atoms with Crippen molar-refractivity contribution in [2.75, 3.05) is 52.9 Å². The fourth-order valence-electron chi connectivity index (χ4n) is 3.57. The molecular formula is C17H35N3O. The van der Waals surface area contributed by atoms with Crippen LogP contribution in [0.15, 0.2) is 0 Å². The molecule has 0 saturated carbocycles. The Balaban J connectivity index is 1.58. The smallest absolute Gasteiger partial charge is 0.0672 e. The van der Waals surface area contributed by atoms with Gasteiger partial charge >= 0.3 is 0 Å². The van der Waals surface area contributed by atoms with Crippen molar-refractivity contribution in [3.05, 3.63) is 0 Å². The number of nitrogens with zero attached hydrogens (tertiary/aromatic N) is 3. The molecule has 0 aliphatic carbocycles. The summed E-state index contributed by atoms with van der Waals surface area (Å²) in [7, 11) is 2.20. The minimum atomic E-state index is -0.381. The van der Waals surface area contributed by atoms with Gasteiger partial charge in [-0.3, -0.25) is 0 Å². The zero-order valence-electron chi connectivity index (χ0n) is 14.4. The SMILES string of the molecule is CC(C)N1CCC(O)(CCCCN2CCN(C)CC2)CC1. The lowest BCUT2D eigenvalue weighted by atomic mass is 9.86. The van der Waals surface area contributed by atoms with Gasteiger partial charge in [-0.2, -0.15) is 0 Å². The van der Waals surface area contributed by atoms with Crippen LogP contribution in [0.25, 0.3) is 0 Å². The summed E-state index contributed by atoms with van der Waals surface area (Å²) in [6.07, 6.45) is 5.32. The van der Waals surface area contributed by atoms with Crippen LogP contribution in [0.1, 0.15) is 46.0 Å². The lowest BCUT2D eigenvalue weighted by Crippen LogP contribution is -2.47. The average Bonchev–Trinajstić information content (AvgIpc) is 2.46. The third-order valence-electron chi connectivity index (χ3n) is 5.42. The highest BCUT2D eigenvalue weighted by atomic mass is 16.3. The normalized spacial score (nSPS) is 25.6. The number of rotatable bonds is 6. The first-order valence-corrected chi connectivity index (χ1v) is 8.86. The predicted molar refractivity (Wildman–Crippen MR) is 88.7 cm³/mol. The maximum absolute atomic E-state index is 10.7. The first kappa shape index (κ1) is 17.2. The summed E-state index contributed by atoms with van der Waals surface area (Å²) in [4.78, 5) is 7.46. The molecule has 0 aromatic heterocycles. The monoisotopic (exact) mass is 297 g/mol. The molecular weight excluding hydrogens is 262 g/mol. The van der Waals surface area contributed by atoms with Crippen LogP contribution in [-0.4, -0.2) is 84.3 Å². The van der Waals surface area contributed by atoms with Gasteiger partial charge in [-0.1, -0.05) is 0 Å². The average molecular weight is 297 g/mol. The number of hydrogen-bond donors (Lipinski definition) is 1. The lowest BCUT2D eigenvalue weighted by molar-refractivity contribution is -0.0356. The molecule has 2 saturated heterocycles. The van der Waals surface area contributed by atoms with E-state index in [1.807, 2.05) is 0 Å². The number of piperazine rings is 1. The number of piperidine rings is 1. The molecule has 0 bridgehead atoms. The van der Waals surface area contributed by atoms with Crippen molar-refractivity contribution in [3.63, 3.8) is 0 Å². The molecule has 2 aliphatic rings. The Morgan fingerprint density at radius 2 is 1.57 bits per heavy atom. The van der Waals surface area contributed by atoms with E-state index in [1.54, 1.807) is 0 Å². The molecule has 4 nitrogen and oxygen atoms in total. The van der Waals surface area contributed by atoms with Gasteiger partial charge < -0.3 is 19.8 Å². The van der Waals surface area contributed by atoms with Crippen LogP contribution < -0.4 is 0 Å². The maximum atomic E-state index is 10.7. The van der Waals surface area contributed by atoms with E-state index < -0.39 is 0 Å². The van der Waals surface area contributed by atoms with Gasteiger partial charge in [-0.15, -0.1) is 0 Å². The Morgan fingerprint density at radius 3 is 2.14 bits per heavy atom. The Hall–Kier alpha value is -0.160. The molecule has 0 atom stereocenters. The van der Waals surface area contributed by atoms with E-state index in [0.717, 1.165) is 32.4 Å². The Bertz CT molecular complexity index is 292. The van der Waals surface area contributed by atoms with Gasteiger partial charge in [0.2, 0.25) is 0 Å². The van der Waals surface area contributed by atoms with Gasteiger partial charge in [-0.25, -0.2) is 0 Å². The highest BCUT2D eigenvalue weighted by Gasteiger charge is 2.32. The van der Waals surface area contributed by atoms with Gasteiger partial charge in [0.25, 0.3) is 0 Å². The van der Waals surface area contributed by atoms with E-state index in [0.29, 0.717) is 6.04 Å². The number of aliphatic hydroxyl groups is 1. The highest BCUT2D eigenvalue weighted by Crippen LogP contribution is 2.28. The summed E-state index contributed by atoms with van der Waals surface area (Å²) >= 11 is 0. The van der Waals surface area contributed by atoms with Crippen molar-refractivity contribution in [1.29, 1.82) is 0 Å². The molecule has 21 heavy (non-hydrogen) atoms. The molecule has 4 heteroatoms. The second-order valence-electron chi connectivity index (χ2n) is 7.46. The molecule has 0 spiro atoms. The minimum absolute atomic E-state index is 0.381. The summed E-state index contributed by atoms with van der Waals surface area (Å²) in [5.41, 5.74) is -0.381. The topological polar surface area (TPSA) is 30.0 Å². The molecule has 0 aromatic carbocycles. The summed E-state index contributed by atoms with van der Waals surface area (Å²) in [6.45, 7) is 12.7. The zero-order chi connectivity index (χ0) is 15.3. The van der Waals surface area contributed by atoms with Crippen LogP contribution >= 0.6 is 0 Å². The van der Waals surface area contributed by atoms with E-state index in [9.17, 15) is 5.11 Å². The van der Waals surface area contributed by atoms with E-state index >= 15 is 0 Å². The van der Waals surface area contributed by atoms with Crippen LogP contribution in [0.2, 0.25) is 0 Å². The molecule has 2 heterocycles. The number of likely N-dealkylation sites (tertiary alicyclic amines) is 1. The first-order valence-electron chi connectivity index (χ1n) is 8.86. The quantitative estimate of drug-likeness (QED) is 0.755. The van der Waals surface area contributed by atoms with E-state index in [4.69, 9.17) is 0 Å². The number of unbranched alkanes of at least 4 members (excludes halogenated alkanes) is 1. The molecule has 0 aromatic rings. The van der Waals surface area contributed by atoms with Crippen molar-refractivity contribution >= 4 is 0 Å². The van der Waals surface area contributed by atoms with Crippen molar-refractivity contribution in [3.8, 4) is 0 Å². The van der Waals surface area contributed by atoms with Gasteiger partial charge in [0.15, 0.2) is 0 Å². The van der Waals surface area contributed by atoms with Crippen molar-refractivity contribution < 1.29 is 5.11 Å². The van der Waals surface area contributed by atoms with Crippen LogP contribution in [0.4, 0.5) is 0 Å². The maximum Gasteiger partial charge on any atom is 0.0672 e. The standard InChI is InChI=1S/C17H35N3O/c1-16(2)20-10-7-17(21,8-11-20)6-4-5-9-19-14-12-18(3)13-15-19/h16,21H,4-15H2,1-3H3. The molecule has 1 N–H and O–H groups in total. The van der Waals surface area contributed by atoms with Gasteiger partial charge in [0.05, 0.1) is 5.60 Å². The van der Waals surface area contributed by atoms with Crippen molar-refractivity contribution in [1.82, 2.24) is 14.7 Å². The fourth-order valence-corrected chi connectivity index (χ4v) is 3.57. The first-order chi connectivity index (χ1) is 9.98. The molecule has 124 valence electrons. The van der Waals surface area contributed by atoms with Crippen molar-refractivity contribution in [2.24, 2.45) is 0 Å². The highest BCUT2D eigenvalue weighted by molar-refractivity contribution is 4.86. The predicted octanol–water partition coefficient (Wildman–Crippen LogP) is 1.64. The van der Waals surface area contributed by atoms with Crippen LogP contribution in [0.3, 0.4) is 0 Å². The number of hydrogen-bond acceptors (Lipinski definition) is 4. The van der Waals surface area contributed by atoms with Gasteiger partial charge in [-0.05, 0) is 59.5 Å². The Morgan fingerprint density at radius 1 is 0.952 bits per heavy atom. The Kier molecular flexibility index (Phi) is 6.48.